The van der Waals surface area contributed by atoms with Gasteiger partial charge in [-0.05, 0) is 18.0 Å². The van der Waals surface area contributed by atoms with E-state index in [1.54, 1.807) is 0 Å². The van der Waals surface area contributed by atoms with Gasteiger partial charge in [0, 0.05) is 6.04 Å². The summed E-state index contributed by atoms with van der Waals surface area (Å²) in [4.78, 5) is 23.5. The van der Waals surface area contributed by atoms with Gasteiger partial charge in [0.05, 0.1) is 19.1 Å². The van der Waals surface area contributed by atoms with Crippen LogP contribution in [0.15, 0.2) is 10.6 Å². The van der Waals surface area contributed by atoms with Crippen LogP contribution in [0.2, 0.25) is 0 Å². The Kier molecular flexibility index (Phi) is 5.19. The molecule has 1 aliphatic rings. The molecule has 1 heterocycles. The normalized spacial score (nSPS) is 22.9. The van der Waals surface area contributed by atoms with Crippen molar-refractivity contribution in [2.45, 2.75) is 44.6 Å². The van der Waals surface area contributed by atoms with Gasteiger partial charge in [0.25, 0.3) is 11.8 Å². The number of hydrogen-bond donors (Lipinski definition) is 2. The molecule has 1 aliphatic carbocycles. The number of nitrogens with one attached hydrogen (secondary N) is 1. The Morgan fingerprint density at radius 1 is 1.33 bits per heavy atom. The predicted molar refractivity (Wildman–Crippen MR) is 73.1 cm³/mol. The second kappa shape index (κ2) is 7.10. The second-order valence-corrected chi connectivity index (χ2v) is 5.25. The molecule has 1 saturated carbocycles. The molecule has 0 radical (unpaired) electrons. The third-order valence-corrected chi connectivity index (χ3v) is 3.82. The van der Waals surface area contributed by atoms with E-state index in [4.69, 9.17) is 9.26 Å². The molecule has 2 rings (SSSR count). The first-order valence-corrected chi connectivity index (χ1v) is 7.16. The van der Waals surface area contributed by atoms with Crippen molar-refractivity contribution < 1.29 is 24.0 Å². The molecule has 0 saturated heterocycles. The maximum Gasteiger partial charge on any atom is 0.308 e. The van der Waals surface area contributed by atoms with Crippen LogP contribution in [0.25, 0.3) is 0 Å². The second-order valence-electron chi connectivity index (χ2n) is 5.25. The maximum absolute atomic E-state index is 12.1. The molecular weight excluding hydrogens is 276 g/mol. The van der Waals surface area contributed by atoms with E-state index in [9.17, 15) is 14.7 Å². The number of carbonyl (C=O) groups is 2. The molecule has 2 unspecified atom stereocenters. The quantitative estimate of drug-likeness (QED) is 0.879. The first-order chi connectivity index (χ1) is 10.1. The van der Waals surface area contributed by atoms with Crippen molar-refractivity contribution >= 4 is 11.9 Å². The first-order valence-electron chi connectivity index (χ1n) is 7.16. The molecule has 1 fully saturated rings. The zero-order chi connectivity index (χ0) is 15.2. The number of rotatable bonds is 4. The standard InChI is InChI=1S/C14H20N2O5/c1-20-12-8-11(21-16-12)13(17)15-10-7-5-3-2-4-6-9(10)14(18)19/h8-10H,2-7H2,1H3,(H,15,17)(H,18,19). The van der Waals surface area contributed by atoms with Crippen molar-refractivity contribution in [3.8, 4) is 5.88 Å². The molecular formula is C14H20N2O5. The van der Waals surface area contributed by atoms with Gasteiger partial charge in [-0.1, -0.05) is 25.7 Å². The van der Waals surface area contributed by atoms with Gasteiger partial charge >= 0.3 is 5.97 Å². The summed E-state index contributed by atoms with van der Waals surface area (Å²) in [6, 6.07) is 1.000. The number of carboxylic acids is 1. The lowest BCUT2D eigenvalue weighted by atomic mass is 9.86. The molecule has 0 aliphatic heterocycles. The lowest BCUT2D eigenvalue weighted by Crippen LogP contribution is -2.43. The molecule has 1 aromatic rings. The molecule has 7 heteroatoms. The molecule has 0 aromatic carbocycles. The summed E-state index contributed by atoms with van der Waals surface area (Å²) >= 11 is 0. The fourth-order valence-corrected chi connectivity index (χ4v) is 2.65. The number of carbonyl (C=O) groups excluding carboxylic acids is 1. The fraction of sp³-hybridized carbons (Fsp3) is 0.643. The van der Waals surface area contributed by atoms with Crippen LogP contribution in [0.1, 0.15) is 49.1 Å². The Morgan fingerprint density at radius 3 is 2.67 bits per heavy atom. The predicted octanol–water partition coefficient (Wildman–Crippen LogP) is 1.84. The lowest BCUT2D eigenvalue weighted by Gasteiger charge is -2.26. The molecule has 2 N–H and O–H groups in total. The van der Waals surface area contributed by atoms with E-state index in [0.29, 0.717) is 12.8 Å². The summed E-state index contributed by atoms with van der Waals surface area (Å²) in [7, 11) is 1.43. The molecule has 2 atom stereocenters. The Hall–Kier alpha value is -2.05. The number of nitrogens with zero attached hydrogens (tertiary/aromatic N) is 1. The number of aliphatic carboxylic acids is 1. The van der Waals surface area contributed by atoms with Crippen LogP contribution in [-0.2, 0) is 4.79 Å². The largest absolute Gasteiger partial charge is 0.481 e. The minimum absolute atomic E-state index is 0.0260. The lowest BCUT2D eigenvalue weighted by molar-refractivity contribution is -0.143. The Morgan fingerprint density at radius 2 is 2.05 bits per heavy atom. The number of amides is 1. The average Bonchev–Trinajstić information content (AvgIpc) is 2.90. The molecule has 0 bridgehead atoms. The zero-order valence-electron chi connectivity index (χ0n) is 12.0. The van der Waals surface area contributed by atoms with Gasteiger partial charge in [0.15, 0.2) is 0 Å². The van der Waals surface area contributed by atoms with Crippen LogP contribution in [-0.4, -0.2) is 35.3 Å². The molecule has 21 heavy (non-hydrogen) atoms. The maximum atomic E-state index is 12.1. The molecule has 116 valence electrons. The molecule has 1 amide bonds. The summed E-state index contributed by atoms with van der Waals surface area (Å²) < 4.78 is 9.73. The Bertz CT molecular complexity index is 499. The Labute approximate surface area is 122 Å². The van der Waals surface area contributed by atoms with E-state index in [2.05, 4.69) is 10.5 Å². The monoisotopic (exact) mass is 296 g/mol. The smallest absolute Gasteiger partial charge is 0.308 e. The van der Waals surface area contributed by atoms with Gasteiger partial charge in [-0.15, -0.1) is 0 Å². The number of methoxy groups -OCH3 is 1. The van der Waals surface area contributed by atoms with Crippen molar-refractivity contribution in [2.24, 2.45) is 5.92 Å². The number of carboxylic acid groups (broad SMARTS) is 1. The van der Waals surface area contributed by atoms with Crippen molar-refractivity contribution in [3.05, 3.63) is 11.8 Å². The zero-order valence-corrected chi connectivity index (χ0v) is 12.0. The summed E-state index contributed by atoms with van der Waals surface area (Å²) in [5, 5.41) is 15.7. The average molecular weight is 296 g/mol. The van der Waals surface area contributed by atoms with Crippen molar-refractivity contribution in [3.63, 3.8) is 0 Å². The van der Waals surface area contributed by atoms with E-state index in [-0.39, 0.29) is 17.7 Å². The van der Waals surface area contributed by atoms with E-state index in [1.165, 1.54) is 13.2 Å². The van der Waals surface area contributed by atoms with E-state index in [1.807, 2.05) is 0 Å². The number of ether oxygens (including phenoxy) is 1. The van der Waals surface area contributed by atoms with E-state index in [0.717, 1.165) is 25.7 Å². The summed E-state index contributed by atoms with van der Waals surface area (Å²) in [6.45, 7) is 0. The van der Waals surface area contributed by atoms with Crippen LogP contribution >= 0.6 is 0 Å². The summed E-state index contributed by atoms with van der Waals surface area (Å²) in [6.07, 6.45) is 5.14. The Balaban J connectivity index is 2.05. The van der Waals surface area contributed by atoms with Crippen LogP contribution < -0.4 is 10.1 Å². The summed E-state index contributed by atoms with van der Waals surface area (Å²) in [5.74, 6) is -1.63. The minimum Gasteiger partial charge on any atom is -0.481 e. The van der Waals surface area contributed by atoms with Crippen LogP contribution in [0.5, 0.6) is 5.88 Å². The highest BCUT2D eigenvalue weighted by Gasteiger charge is 2.30. The number of hydrogen-bond acceptors (Lipinski definition) is 5. The molecule has 7 nitrogen and oxygen atoms in total. The third-order valence-electron chi connectivity index (χ3n) is 3.82. The highest BCUT2D eigenvalue weighted by atomic mass is 16.5. The molecule has 1 aromatic heterocycles. The SMILES string of the molecule is COc1cc(C(=O)NC2CCCCCCC2C(=O)O)on1. The van der Waals surface area contributed by atoms with E-state index < -0.39 is 17.8 Å². The van der Waals surface area contributed by atoms with Crippen molar-refractivity contribution in [2.75, 3.05) is 7.11 Å². The van der Waals surface area contributed by atoms with Gasteiger partial charge in [0.2, 0.25) is 5.76 Å². The topological polar surface area (TPSA) is 102 Å². The summed E-state index contributed by atoms with van der Waals surface area (Å²) in [5.41, 5.74) is 0. The van der Waals surface area contributed by atoms with Crippen molar-refractivity contribution in [1.29, 1.82) is 0 Å². The van der Waals surface area contributed by atoms with Crippen molar-refractivity contribution in [1.82, 2.24) is 10.5 Å². The minimum atomic E-state index is -0.864. The fourth-order valence-electron chi connectivity index (χ4n) is 2.65. The van der Waals surface area contributed by atoms with Gasteiger partial charge in [-0.3, -0.25) is 9.59 Å². The molecule has 0 spiro atoms. The van der Waals surface area contributed by atoms with Gasteiger partial charge in [-0.25, -0.2) is 0 Å². The first kappa shape index (κ1) is 15.3. The highest BCUT2D eigenvalue weighted by molar-refractivity contribution is 5.92. The van der Waals surface area contributed by atoms with Crippen LogP contribution in [0.3, 0.4) is 0 Å². The van der Waals surface area contributed by atoms with Crippen LogP contribution in [0.4, 0.5) is 0 Å². The van der Waals surface area contributed by atoms with E-state index >= 15 is 0 Å². The van der Waals surface area contributed by atoms with Gasteiger partial charge in [0.1, 0.15) is 0 Å². The third kappa shape index (κ3) is 3.96. The number of aromatic nitrogens is 1. The highest BCUT2D eigenvalue weighted by Crippen LogP contribution is 2.23. The van der Waals surface area contributed by atoms with Crippen LogP contribution in [0, 0.1) is 5.92 Å². The van der Waals surface area contributed by atoms with Gasteiger partial charge in [-0.2, -0.15) is 0 Å². The van der Waals surface area contributed by atoms with Gasteiger partial charge < -0.3 is 19.7 Å².